The van der Waals surface area contributed by atoms with E-state index >= 15 is 0 Å². The average molecular weight is 361 g/mol. The summed E-state index contributed by atoms with van der Waals surface area (Å²) in [6, 6.07) is 6.13. The third kappa shape index (κ3) is 3.33. The second kappa shape index (κ2) is 5.86. The Balaban J connectivity index is 2.27. The summed E-state index contributed by atoms with van der Waals surface area (Å²) in [5, 5.41) is 8.16. The Morgan fingerprint density at radius 3 is 2.70 bits per heavy atom. The van der Waals surface area contributed by atoms with Crippen LogP contribution in [-0.2, 0) is 16.6 Å². The van der Waals surface area contributed by atoms with Gasteiger partial charge in [-0.2, -0.15) is 0 Å². The molecular formula is C12H13BrN2O4S. The molecule has 0 fully saturated rings. The maximum atomic E-state index is 11.4. The lowest BCUT2D eigenvalue weighted by molar-refractivity contribution is 0.415. The highest BCUT2D eigenvalue weighted by Crippen LogP contribution is 2.28. The van der Waals surface area contributed by atoms with Crippen molar-refractivity contribution < 1.29 is 17.6 Å². The molecule has 20 heavy (non-hydrogen) atoms. The number of nitrogens with one attached hydrogen (secondary N) is 1. The summed E-state index contributed by atoms with van der Waals surface area (Å²) in [6.07, 6.45) is 1.55. The molecule has 6 nitrogen and oxygen atoms in total. The summed E-state index contributed by atoms with van der Waals surface area (Å²) in [5.41, 5.74) is 0.516. The van der Waals surface area contributed by atoms with Gasteiger partial charge in [0, 0.05) is 0 Å². The number of benzene rings is 1. The zero-order chi connectivity index (χ0) is 14.8. The molecule has 0 unspecified atom stereocenters. The van der Waals surface area contributed by atoms with Crippen LogP contribution in [0.5, 0.6) is 5.75 Å². The first kappa shape index (κ1) is 14.9. The van der Waals surface area contributed by atoms with E-state index in [1.54, 1.807) is 18.4 Å². The molecule has 0 spiro atoms. The molecule has 2 rings (SSSR count). The van der Waals surface area contributed by atoms with Crippen molar-refractivity contribution in [3.63, 3.8) is 0 Å². The molecule has 0 aliphatic rings. The monoisotopic (exact) mass is 360 g/mol. The van der Waals surface area contributed by atoms with Crippen LogP contribution in [0.15, 0.2) is 44.3 Å². The Hall–Kier alpha value is -1.51. The number of primary sulfonamides is 1. The van der Waals surface area contributed by atoms with Crippen LogP contribution in [0.25, 0.3) is 0 Å². The fraction of sp³-hybridized carbons (Fsp3) is 0.167. The molecule has 1 aromatic carbocycles. The van der Waals surface area contributed by atoms with Gasteiger partial charge in [0.1, 0.15) is 11.5 Å². The molecular weight excluding hydrogens is 348 g/mol. The summed E-state index contributed by atoms with van der Waals surface area (Å²) < 4.78 is 34.0. The smallest absolute Gasteiger partial charge is 0.238 e. The van der Waals surface area contributed by atoms with Crippen LogP contribution in [0.3, 0.4) is 0 Å². The first-order valence-electron chi connectivity index (χ1n) is 5.58. The lowest BCUT2D eigenvalue weighted by Gasteiger charge is -2.11. The van der Waals surface area contributed by atoms with Crippen molar-refractivity contribution in [2.45, 2.75) is 11.4 Å². The van der Waals surface area contributed by atoms with E-state index in [0.717, 1.165) is 4.47 Å². The molecule has 0 radical (unpaired) electrons. The van der Waals surface area contributed by atoms with E-state index in [-0.39, 0.29) is 4.90 Å². The number of furan rings is 1. The number of halogens is 1. The van der Waals surface area contributed by atoms with E-state index < -0.39 is 10.0 Å². The predicted molar refractivity (Wildman–Crippen MR) is 78.1 cm³/mol. The minimum absolute atomic E-state index is 0.0133. The SMILES string of the molecule is COc1ccc(S(N)(=O)=O)cc1NCc1occc1Br. The number of ether oxygens (including phenoxy) is 1. The number of hydrogen-bond donors (Lipinski definition) is 2. The average Bonchev–Trinajstić information content (AvgIpc) is 2.80. The van der Waals surface area contributed by atoms with Gasteiger partial charge in [-0.3, -0.25) is 0 Å². The lowest BCUT2D eigenvalue weighted by Crippen LogP contribution is -2.12. The van der Waals surface area contributed by atoms with Crippen LogP contribution in [0.2, 0.25) is 0 Å². The third-order valence-electron chi connectivity index (χ3n) is 2.63. The van der Waals surface area contributed by atoms with Gasteiger partial charge in [-0.05, 0) is 40.2 Å². The molecule has 0 aliphatic heterocycles. The lowest BCUT2D eigenvalue weighted by atomic mass is 10.3. The summed E-state index contributed by atoms with van der Waals surface area (Å²) in [4.78, 5) is 0.0133. The van der Waals surface area contributed by atoms with Gasteiger partial charge in [-0.15, -0.1) is 0 Å². The van der Waals surface area contributed by atoms with Crippen molar-refractivity contribution in [2.75, 3.05) is 12.4 Å². The second-order valence-electron chi connectivity index (χ2n) is 3.95. The van der Waals surface area contributed by atoms with Crippen LogP contribution < -0.4 is 15.2 Å². The molecule has 1 aromatic heterocycles. The molecule has 8 heteroatoms. The highest BCUT2D eigenvalue weighted by atomic mass is 79.9. The molecule has 0 aliphatic carbocycles. The van der Waals surface area contributed by atoms with Crippen molar-refractivity contribution in [3.05, 3.63) is 40.8 Å². The summed E-state index contributed by atoms with van der Waals surface area (Å²) in [7, 11) is -2.26. The molecule has 0 atom stereocenters. The predicted octanol–water partition coefficient (Wildman–Crippen LogP) is 2.31. The van der Waals surface area contributed by atoms with Gasteiger partial charge in [0.05, 0.1) is 35.0 Å². The fourth-order valence-electron chi connectivity index (χ4n) is 1.63. The first-order valence-corrected chi connectivity index (χ1v) is 7.92. The Morgan fingerprint density at radius 1 is 1.40 bits per heavy atom. The van der Waals surface area contributed by atoms with Crippen molar-refractivity contribution >= 4 is 31.6 Å². The molecule has 2 aromatic rings. The minimum Gasteiger partial charge on any atom is -0.495 e. The first-order chi connectivity index (χ1) is 9.41. The normalized spacial score (nSPS) is 11.3. The molecule has 3 N–H and O–H groups in total. The van der Waals surface area contributed by atoms with E-state index in [1.807, 2.05) is 0 Å². The Morgan fingerprint density at radius 2 is 2.15 bits per heavy atom. The third-order valence-corrected chi connectivity index (χ3v) is 4.25. The highest BCUT2D eigenvalue weighted by Gasteiger charge is 2.12. The molecule has 0 saturated carbocycles. The Kier molecular flexibility index (Phi) is 4.36. The van der Waals surface area contributed by atoms with Crippen LogP contribution in [0.1, 0.15) is 5.76 Å². The molecule has 0 bridgehead atoms. The molecule has 0 amide bonds. The number of nitrogens with two attached hydrogens (primary N) is 1. The second-order valence-corrected chi connectivity index (χ2v) is 6.37. The summed E-state index contributed by atoms with van der Waals surface area (Å²) >= 11 is 3.34. The number of hydrogen-bond acceptors (Lipinski definition) is 5. The zero-order valence-electron chi connectivity index (χ0n) is 10.6. The quantitative estimate of drug-likeness (QED) is 0.852. The van der Waals surface area contributed by atoms with E-state index in [2.05, 4.69) is 21.2 Å². The maximum absolute atomic E-state index is 11.4. The fourth-order valence-corrected chi connectivity index (χ4v) is 2.51. The van der Waals surface area contributed by atoms with Gasteiger partial charge in [0.25, 0.3) is 0 Å². The van der Waals surface area contributed by atoms with Crippen molar-refractivity contribution in [1.29, 1.82) is 0 Å². The summed E-state index contributed by atoms with van der Waals surface area (Å²) in [6.45, 7) is 0.373. The van der Waals surface area contributed by atoms with E-state index in [0.29, 0.717) is 23.7 Å². The number of sulfonamides is 1. The van der Waals surface area contributed by atoms with Crippen LogP contribution in [0.4, 0.5) is 5.69 Å². The van der Waals surface area contributed by atoms with Gasteiger partial charge in [0.2, 0.25) is 10.0 Å². The van der Waals surface area contributed by atoms with E-state index in [9.17, 15) is 8.42 Å². The van der Waals surface area contributed by atoms with E-state index in [4.69, 9.17) is 14.3 Å². The number of anilines is 1. The minimum atomic E-state index is -3.76. The van der Waals surface area contributed by atoms with Gasteiger partial charge in [-0.1, -0.05) is 0 Å². The number of methoxy groups -OCH3 is 1. The Bertz CT molecular complexity index is 712. The van der Waals surface area contributed by atoms with Crippen molar-refractivity contribution in [2.24, 2.45) is 5.14 Å². The van der Waals surface area contributed by atoms with Gasteiger partial charge in [0.15, 0.2) is 0 Å². The van der Waals surface area contributed by atoms with Crippen molar-refractivity contribution in [3.8, 4) is 5.75 Å². The zero-order valence-corrected chi connectivity index (χ0v) is 13.0. The van der Waals surface area contributed by atoms with Gasteiger partial charge in [-0.25, -0.2) is 13.6 Å². The van der Waals surface area contributed by atoms with Crippen LogP contribution >= 0.6 is 15.9 Å². The number of rotatable bonds is 5. The topological polar surface area (TPSA) is 94.6 Å². The van der Waals surface area contributed by atoms with E-state index in [1.165, 1.54) is 19.2 Å². The van der Waals surface area contributed by atoms with Crippen molar-refractivity contribution in [1.82, 2.24) is 0 Å². The largest absolute Gasteiger partial charge is 0.495 e. The van der Waals surface area contributed by atoms with Gasteiger partial charge >= 0.3 is 0 Å². The molecule has 1 heterocycles. The highest BCUT2D eigenvalue weighted by molar-refractivity contribution is 9.10. The van der Waals surface area contributed by atoms with Crippen LogP contribution in [-0.4, -0.2) is 15.5 Å². The molecule has 108 valence electrons. The maximum Gasteiger partial charge on any atom is 0.238 e. The molecule has 0 saturated heterocycles. The van der Waals surface area contributed by atoms with Crippen LogP contribution in [0, 0.1) is 0 Å². The standard InChI is InChI=1S/C12H13BrN2O4S/c1-18-11-3-2-8(20(14,16)17)6-10(11)15-7-12-9(13)4-5-19-12/h2-6,15H,7H2,1H3,(H2,14,16,17). The summed E-state index contributed by atoms with van der Waals surface area (Å²) in [5.74, 6) is 1.20. The Labute approximate surface area is 125 Å². The van der Waals surface area contributed by atoms with Gasteiger partial charge < -0.3 is 14.5 Å².